The molecular weight excluding hydrogens is 258 g/mol. The molecule has 0 aromatic carbocycles. The lowest BCUT2D eigenvalue weighted by atomic mass is 10.00. The molecule has 1 aliphatic heterocycles. The first-order chi connectivity index (χ1) is 7.69. The highest BCUT2D eigenvalue weighted by Gasteiger charge is 2.16. The van der Waals surface area contributed by atoms with Crippen molar-refractivity contribution in [2.24, 2.45) is 5.92 Å². The van der Waals surface area contributed by atoms with Gasteiger partial charge in [-0.2, -0.15) is 5.10 Å². The van der Waals surface area contributed by atoms with Crippen LogP contribution in [0, 0.1) is 9.87 Å². The molecule has 1 aromatic rings. The maximum atomic E-state index is 5.31. The summed E-state index contributed by atoms with van der Waals surface area (Å²) in [6.07, 6.45) is 4.64. The van der Waals surface area contributed by atoms with Crippen molar-refractivity contribution in [1.29, 1.82) is 0 Å². The van der Waals surface area contributed by atoms with Crippen LogP contribution in [0.5, 0.6) is 0 Å². The smallest absolute Gasteiger partial charge is 0.181 e. The van der Waals surface area contributed by atoms with Gasteiger partial charge in [0.2, 0.25) is 0 Å². The highest BCUT2D eigenvalue weighted by Crippen LogP contribution is 2.21. The van der Waals surface area contributed by atoms with E-state index in [-0.39, 0.29) is 0 Å². The van der Waals surface area contributed by atoms with Crippen LogP contribution in [0.3, 0.4) is 0 Å². The largest absolute Gasteiger partial charge is 0.284 e. The summed E-state index contributed by atoms with van der Waals surface area (Å²) in [5, 5.41) is 4.49. The molecular formula is C10H17N3S3. The SMILES string of the molecule is CSc1nn(CN2CCC(C)CC2)c(=S)s1. The second-order valence-corrected chi connectivity index (χ2v) is 6.96. The van der Waals surface area contributed by atoms with Crippen LogP contribution in [0.4, 0.5) is 0 Å². The van der Waals surface area contributed by atoms with E-state index >= 15 is 0 Å². The molecule has 1 aromatic heterocycles. The number of likely N-dealkylation sites (tertiary alicyclic amines) is 1. The second-order valence-electron chi connectivity index (χ2n) is 4.28. The monoisotopic (exact) mass is 275 g/mol. The molecule has 0 radical (unpaired) electrons. The molecule has 1 aliphatic rings. The zero-order chi connectivity index (χ0) is 11.5. The molecule has 1 fully saturated rings. The number of aromatic nitrogens is 2. The summed E-state index contributed by atoms with van der Waals surface area (Å²) in [5.74, 6) is 0.876. The minimum absolute atomic E-state index is 0.864. The van der Waals surface area contributed by atoms with E-state index < -0.39 is 0 Å². The molecule has 0 saturated carbocycles. The Morgan fingerprint density at radius 3 is 2.75 bits per heavy atom. The molecule has 0 N–H and O–H groups in total. The van der Waals surface area contributed by atoms with Crippen LogP contribution < -0.4 is 0 Å². The normalized spacial score (nSPS) is 19.1. The quantitative estimate of drug-likeness (QED) is 0.624. The van der Waals surface area contributed by atoms with E-state index in [0.29, 0.717) is 0 Å². The third-order valence-electron chi connectivity index (χ3n) is 2.97. The van der Waals surface area contributed by atoms with Gasteiger partial charge in [-0.05, 0) is 37.2 Å². The lowest BCUT2D eigenvalue weighted by Crippen LogP contribution is -2.34. The molecule has 0 bridgehead atoms. The van der Waals surface area contributed by atoms with Gasteiger partial charge in [0.25, 0.3) is 0 Å². The van der Waals surface area contributed by atoms with Gasteiger partial charge in [0.15, 0.2) is 8.29 Å². The zero-order valence-electron chi connectivity index (χ0n) is 9.68. The molecule has 1 saturated heterocycles. The molecule has 2 rings (SSSR count). The van der Waals surface area contributed by atoms with Crippen molar-refractivity contribution in [1.82, 2.24) is 14.7 Å². The first kappa shape index (κ1) is 12.5. The van der Waals surface area contributed by atoms with E-state index in [1.54, 1.807) is 23.1 Å². The van der Waals surface area contributed by atoms with Crippen LogP contribution >= 0.6 is 35.3 Å². The van der Waals surface area contributed by atoms with Crippen LogP contribution in [0.15, 0.2) is 4.34 Å². The van der Waals surface area contributed by atoms with Gasteiger partial charge >= 0.3 is 0 Å². The van der Waals surface area contributed by atoms with Gasteiger partial charge in [-0.1, -0.05) is 30.0 Å². The van der Waals surface area contributed by atoms with Crippen molar-refractivity contribution in [3.8, 4) is 0 Å². The Bertz CT molecular complexity index is 390. The van der Waals surface area contributed by atoms with E-state index in [4.69, 9.17) is 12.2 Å². The predicted molar refractivity (Wildman–Crippen MR) is 72.7 cm³/mol. The van der Waals surface area contributed by atoms with Crippen molar-refractivity contribution in [2.45, 2.75) is 30.8 Å². The average Bonchev–Trinajstić information content (AvgIpc) is 2.63. The fourth-order valence-corrected chi connectivity index (χ4v) is 3.59. The maximum absolute atomic E-state index is 5.31. The fraction of sp³-hybridized carbons (Fsp3) is 0.800. The third kappa shape index (κ3) is 3.06. The number of hydrogen-bond donors (Lipinski definition) is 0. The molecule has 0 unspecified atom stereocenters. The lowest BCUT2D eigenvalue weighted by Gasteiger charge is -2.29. The van der Waals surface area contributed by atoms with Crippen molar-refractivity contribution in [3.63, 3.8) is 0 Å². The van der Waals surface area contributed by atoms with Crippen molar-refractivity contribution in [3.05, 3.63) is 3.95 Å². The van der Waals surface area contributed by atoms with E-state index in [0.717, 1.165) is 20.9 Å². The fourth-order valence-electron chi connectivity index (χ4n) is 1.85. The molecule has 2 heterocycles. The number of thioether (sulfide) groups is 1. The van der Waals surface area contributed by atoms with Gasteiger partial charge < -0.3 is 0 Å². The Morgan fingerprint density at radius 2 is 2.19 bits per heavy atom. The summed E-state index contributed by atoms with van der Waals surface area (Å²) in [6.45, 7) is 5.55. The standard InChI is InChI=1S/C10H17N3S3/c1-8-3-5-12(6-4-8)7-13-10(14)16-9(11-13)15-2/h8H,3-7H2,1-2H3. The Labute approximate surface area is 110 Å². The Hall–Kier alpha value is 0.0900. The summed E-state index contributed by atoms with van der Waals surface area (Å²) in [4.78, 5) is 2.44. The summed E-state index contributed by atoms with van der Waals surface area (Å²) in [6, 6.07) is 0. The summed E-state index contributed by atoms with van der Waals surface area (Å²) in [7, 11) is 0. The topological polar surface area (TPSA) is 21.1 Å². The molecule has 90 valence electrons. The van der Waals surface area contributed by atoms with Gasteiger partial charge in [0.05, 0.1) is 6.67 Å². The van der Waals surface area contributed by atoms with Crippen molar-refractivity contribution >= 4 is 35.3 Å². The van der Waals surface area contributed by atoms with Crippen LogP contribution in [0.2, 0.25) is 0 Å². The van der Waals surface area contributed by atoms with Crippen LogP contribution in [-0.4, -0.2) is 34.0 Å². The number of rotatable bonds is 3. The Morgan fingerprint density at radius 1 is 1.50 bits per heavy atom. The highest BCUT2D eigenvalue weighted by molar-refractivity contribution is 8.00. The molecule has 0 spiro atoms. The van der Waals surface area contributed by atoms with Gasteiger partial charge in [-0.25, -0.2) is 4.68 Å². The Balaban J connectivity index is 1.98. The van der Waals surface area contributed by atoms with Gasteiger partial charge in [0.1, 0.15) is 0 Å². The van der Waals surface area contributed by atoms with Crippen LogP contribution in [-0.2, 0) is 6.67 Å². The van der Waals surface area contributed by atoms with Crippen molar-refractivity contribution in [2.75, 3.05) is 19.3 Å². The van der Waals surface area contributed by atoms with Crippen LogP contribution in [0.1, 0.15) is 19.8 Å². The van der Waals surface area contributed by atoms with Crippen molar-refractivity contribution < 1.29 is 0 Å². The molecule has 6 heteroatoms. The first-order valence-electron chi connectivity index (χ1n) is 5.53. The highest BCUT2D eigenvalue weighted by atomic mass is 32.2. The average molecular weight is 275 g/mol. The zero-order valence-corrected chi connectivity index (χ0v) is 12.1. The van der Waals surface area contributed by atoms with Crippen LogP contribution in [0.25, 0.3) is 0 Å². The third-order valence-corrected chi connectivity index (χ3v) is 5.26. The van der Waals surface area contributed by atoms with E-state index in [1.165, 1.54) is 25.9 Å². The van der Waals surface area contributed by atoms with E-state index in [1.807, 2.05) is 10.9 Å². The summed E-state index contributed by atoms with van der Waals surface area (Å²) in [5.41, 5.74) is 0. The molecule has 3 nitrogen and oxygen atoms in total. The molecule has 0 amide bonds. The maximum Gasteiger partial charge on any atom is 0.181 e. The molecule has 0 aliphatic carbocycles. The first-order valence-corrected chi connectivity index (χ1v) is 7.98. The van der Waals surface area contributed by atoms with Gasteiger partial charge in [-0.3, -0.25) is 4.90 Å². The van der Waals surface area contributed by atoms with Gasteiger partial charge in [-0.15, -0.1) is 0 Å². The molecule has 16 heavy (non-hydrogen) atoms. The number of piperidine rings is 1. The Kier molecular flexibility index (Phi) is 4.41. The molecule has 0 atom stereocenters. The minimum Gasteiger partial charge on any atom is -0.284 e. The minimum atomic E-state index is 0.864. The number of nitrogens with zero attached hydrogens (tertiary/aromatic N) is 3. The van der Waals surface area contributed by atoms with Gasteiger partial charge in [0, 0.05) is 13.1 Å². The number of hydrogen-bond acceptors (Lipinski definition) is 5. The summed E-state index contributed by atoms with van der Waals surface area (Å²) >= 11 is 8.58. The van der Waals surface area contributed by atoms with E-state index in [9.17, 15) is 0 Å². The predicted octanol–water partition coefficient (Wildman–Crippen LogP) is 3.09. The summed E-state index contributed by atoms with van der Waals surface area (Å²) < 4.78 is 3.92. The van der Waals surface area contributed by atoms with E-state index in [2.05, 4.69) is 16.9 Å². The second kappa shape index (κ2) is 5.62. The lowest BCUT2D eigenvalue weighted by molar-refractivity contribution is 0.145.